The minimum absolute atomic E-state index is 0. The van der Waals surface area contributed by atoms with Crippen molar-refractivity contribution in [3.63, 3.8) is 0 Å². The summed E-state index contributed by atoms with van der Waals surface area (Å²) in [6.45, 7) is 7.71. The van der Waals surface area contributed by atoms with Crippen molar-refractivity contribution in [2.45, 2.75) is 14.9 Å². The summed E-state index contributed by atoms with van der Waals surface area (Å²) in [7, 11) is 0. The van der Waals surface area contributed by atoms with Gasteiger partial charge in [0, 0.05) is 0 Å². The number of rotatable bonds is 3. The molecule has 0 unspecified atom stereocenters. The molecular weight excluding hydrogens is 264 g/mol. The van der Waals surface area contributed by atoms with Crippen LogP contribution in [-0.2, 0) is 0 Å². The van der Waals surface area contributed by atoms with Crippen LogP contribution in [0.3, 0.4) is 0 Å². The molecule has 0 atom stereocenters. The molecule has 0 radical (unpaired) electrons. The molecule has 112 valence electrons. The van der Waals surface area contributed by atoms with Crippen LogP contribution in [0.25, 0.3) is 34.1 Å². The second kappa shape index (κ2) is 7.42. The zero-order chi connectivity index (χ0) is 13.9. The Hall–Kier alpha value is -2.60. The summed E-state index contributed by atoms with van der Waals surface area (Å²) in [4.78, 5) is 0. The summed E-state index contributed by atoms with van der Waals surface area (Å²) in [5.41, 5.74) is 4.66. The summed E-state index contributed by atoms with van der Waals surface area (Å²) in [5.74, 6) is 0. The Morgan fingerprint density at radius 2 is 1.18 bits per heavy atom. The van der Waals surface area contributed by atoms with E-state index in [9.17, 15) is 0 Å². The first-order chi connectivity index (χ1) is 9.81. The molecule has 0 aromatic heterocycles. The molecule has 0 heterocycles. The highest BCUT2D eigenvalue weighted by Crippen LogP contribution is 2.27. The summed E-state index contributed by atoms with van der Waals surface area (Å²) in [6, 6.07) is 21.4. The maximum Gasteiger partial charge on any atom is -0.0177 e. The van der Waals surface area contributed by atoms with E-state index in [4.69, 9.17) is 0 Å². The van der Waals surface area contributed by atoms with Crippen LogP contribution in [0.4, 0.5) is 0 Å². The van der Waals surface area contributed by atoms with Crippen LogP contribution in [0.15, 0.2) is 73.8 Å². The van der Waals surface area contributed by atoms with Gasteiger partial charge in [-0.2, -0.15) is 0 Å². The van der Waals surface area contributed by atoms with Gasteiger partial charge in [-0.15, -0.1) is 0 Å². The van der Waals surface area contributed by atoms with Crippen LogP contribution < -0.4 is 0 Å². The number of benzene rings is 3. The smallest absolute Gasteiger partial charge is 0.0177 e. The van der Waals surface area contributed by atoms with E-state index in [1.54, 1.807) is 0 Å². The van der Waals surface area contributed by atoms with Crippen molar-refractivity contribution in [2.24, 2.45) is 0 Å². The van der Waals surface area contributed by atoms with Crippen molar-refractivity contribution in [3.05, 3.63) is 84.9 Å². The summed E-state index contributed by atoms with van der Waals surface area (Å²) in [6.07, 6.45) is 3.74. The summed E-state index contributed by atoms with van der Waals surface area (Å²) >= 11 is 0. The van der Waals surface area contributed by atoms with E-state index < -0.39 is 0 Å². The Morgan fingerprint density at radius 1 is 0.591 bits per heavy atom. The van der Waals surface area contributed by atoms with E-state index >= 15 is 0 Å². The number of fused-ring (bicyclic) bond motifs is 1. The molecule has 0 aliphatic heterocycles. The van der Waals surface area contributed by atoms with E-state index in [2.05, 4.69) is 73.8 Å². The molecule has 0 spiro atoms. The van der Waals surface area contributed by atoms with Gasteiger partial charge in [-0.3, -0.25) is 0 Å². The molecule has 0 aliphatic rings. The maximum absolute atomic E-state index is 3.88. The summed E-state index contributed by atoms with van der Waals surface area (Å²) in [5, 5.41) is 2.53. The van der Waals surface area contributed by atoms with Gasteiger partial charge in [0.1, 0.15) is 0 Å². The highest BCUT2D eigenvalue weighted by molar-refractivity contribution is 5.87. The van der Waals surface area contributed by atoms with Gasteiger partial charge in [0.05, 0.1) is 0 Å². The average Bonchev–Trinajstić information content (AvgIpc) is 2.53. The van der Waals surface area contributed by atoms with Crippen LogP contribution in [0.1, 0.15) is 26.0 Å². The van der Waals surface area contributed by atoms with Gasteiger partial charge >= 0.3 is 0 Å². The zero-order valence-corrected chi connectivity index (χ0v) is 11.3. The topological polar surface area (TPSA) is 0 Å². The van der Waals surface area contributed by atoms with Crippen LogP contribution in [-0.4, -0.2) is 0 Å². The van der Waals surface area contributed by atoms with E-state index in [1.165, 1.54) is 21.9 Å². The first kappa shape index (κ1) is 17.5. The molecule has 3 aromatic rings. The molecule has 0 bridgehead atoms. The third-order valence-electron chi connectivity index (χ3n) is 3.61. The Balaban J connectivity index is 0.00000121. The normalized spacial score (nSPS) is 9.45. The van der Waals surface area contributed by atoms with Gasteiger partial charge in [-0.25, -0.2) is 0 Å². The van der Waals surface area contributed by atoms with Crippen molar-refractivity contribution >= 4 is 22.9 Å². The molecule has 0 amide bonds. The lowest BCUT2D eigenvalue weighted by atomic mass is 9.97. The van der Waals surface area contributed by atoms with Gasteiger partial charge in [-0.05, 0) is 45.2 Å². The van der Waals surface area contributed by atoms with Crippen molar-refractivity contribution in [2.75, 3.05) is 0 Å². The number of hydrogen-bond acceptors (Lipinski definition) is 0. The third-order valence-corrected chi connectivity index (χ3v) is 3.61. The van der Waals surface area contributed by atoms with Gasteiger partial charge in [-0.1, -0.05) is 88.7 Å². The predicted octanol–water partition coefficient (Wildman–Crippen LogP) is 7.07. The Labute approximate surface area is 134 Å². The molecule has 0 saturated carbocycles. The fourth-order valence-electron chi connectivity index (χ4n) is 2.49. The lowest BCUT2D eigenvalue weighted by Gasteiger charge is -2.07. The Bertz CT molecular complexity index is 794. The van der Waals surface area contributed by atoms with Crippen molar-refractivity contribution < 1.29 is 0 Å². The minimum atomic E-state index is 0. The van der Waals surface area contributed by atoms with E-state index in [1.807, 2.05) is 12.2 Å². The fraction of sp³-hybridized carbons (Fsp3) is 0.0909. The van der Waals surface area contributed by atoms with Gasteiger partial charge < -0.3 is 0 Å². The lowest BCUT2D eigenvalue weighted by molar-refractivity contribution is 1.59. The van der Waals surface area contributed by atoms with Gasteiger partial charge in [0.25, 0.3) is 0 Å². The van der Waals surface area contributed by atoms with Crippen LogP contribution in [0, 0.1) is 0 Å². The zero-order valence-electron chi connectivity index (χ0n) is 11.3. The highest BCUT2D eigenvalue weighted by atomic mass is 14.1. The molecule has 0 nitrogen and oxygen atoms in total. The Kier molecular flexibility index (Phi) is 5.89. The first-order valence-electron chi connectivity index (χ1n) is 6.70. The summed E-state index contributed by atoms with van der Waals surface area (Å²) < 4.78 is 0. The van der Waals surface area contributed by atoms with Crippen molar-refractivity contribution in [1.82, 2.24) is 0 Å². The number of hydrogen-bond donors (Lipinski definition) is 0. The first-order valence-corrected chi connectivity index (χ1v) is 6.70. The minimum Gasteiger partial charge on any atom is -0.0984 e. The van der Waals surface area contributed by atoms with E-state index in [-0.39, 0.29) is 14.9 Å². The van der Waals surface area contributed by atoms with Crippen LogP contribution in [0.5, 0.6) is 0 Å². The largest absolute Gasteiger partial charge is 0.0984 e. The lowest BCUT2D eigenvalue weighted by Crippen LogP contribution is -1.84. The van der Waals surface area contributed by atoms with Gasteiger partial charge in [0.2, 0.25) is 0 Å². The van der Waals surface area contributed by atoms with Crippen LogP contribution in [0.2, 0.25) is 0 Å². The fourth-order valence-corrected chi connectivity index (χ4v) is 2.49. The monoisotopic (exact) mass is 288 g/mol. The average molecular weight is 288 g/mol. The SMILES string of the molecule is C.C.C=Cc1ccc(-c2ccc3ccccc3c2)cc1C=C. The molecular formula is C22H24. The Morgan fingerprint density at radius 3 is 1.86 bits per heavy atom. The van der Waals surface area contributed by atoms with E-state index in [0.29, 0.717) is 0 Å². The molecule has 3 rings (SSSR count). The van der Waals surface area contributed by atoms with Crippen molar-refractivity contribution in [1.29, 1.82) is 0 Å². The maximum atomic E-state index is 3.88. The van der Waals surface area contributed by atoms with Crippen LogP contribution >= 0.6 is 0 Å². The molecule has 0 saturated heterocycles. The second-order valence-corrected chi connectivity index (χ2v) is 4.81. The molecule has 3 aromatic carbocycles. The van der Waals surface area contributed by atoms with Crippen molar-refractivity contribution in [3.8, 4) is 11.1 Å². The van der Waals surface area contributed by atoms with Gasteiger partial charge in [0.15, 0.2) is 0 Å². The molecule has 0 fully saturated rings. The molecule has 0 N–H and O–H groups in total. The van der Waals surface area contributed by atoms with E-state index in [0.717, 1.165) is 11.1 Å². The predicted molar refractivity (Wildman–Crippen MR) is 103 cm³/mol. The quantitative estimate of drug-likeness (QED) is 0.483. The molecule has 0 aliphatic carbocycles. The molecule has 0 heteroatoms. The molecule has 22 heavy (non-hydrogen) atoms. The highest BCUT2D eigenvalue weighted by Gasteiger charge is 2.02. The third kappa shape index (κ3) is 3.17. The standard InChI is InChI=1S/C20H16.2CH4/c1-3-15-9-11-19(13-16(15)4-2)20-12-10-17-7-5-6-8-18(17)14-20;;/h3-14H,1-2H2;2*1H4. The second-order valence-electron chi connectivity index (χ2n) is 4.81.